The fourth-order valence-corrected chi connectivity index (χ4v) is 2.94. The number of halogens is 3. The average Bonchev–Trinajstić information content (AvgIpc) is 2.42. The summed E-state index contributed by atoms with van der Waals surface area (Å²) in [4.78, 5) is 14.1. The molecule has 2 atom stereocenters. The average molecular weight is 319 g/mol. The van der Waals surface area contributed by atoms with Crippen molar-refractivity contribution in [1.29, 1.82) is 0 Å². The Labute approximate surface area is 127 Å². The van der Waals surface area contributed by atoms with Crippen molar-refractivity contribution in [1.82, 2.24) is 4.90 Å². The van der Waals surface area contributed by atoms with E-state index in [2.05, 4.69) is 0 Å². The van der Waals surface area contributed by atoms with E-state index in [1.54, 1.807) is 4.90 Å². The van der Waals surface area contributed by atoms with Gasteiger partial charge in [-0.05, 0) is 37.8 Å². The molecule has 1 saturated heterocycles. The zero-order valence-electron chi connectivity index (χ0n) is 11.2. The molecule has 1 amide bonds. The van der Waals surface area contributed by atoms with Crippen molar-refractivity contribution >= 4 is 29.1 Å². The van der Waals surface area contributed by atoms with Crippen LogP contribution in [0.4, 0.5) is 4.39 Å². The Morgan fingerprint density at radius 2 is 2.15 bits per heavy atom. The van der Waals surface area contributed by atoms with Gasteiger partial charge in [0.15, 0.2) is 0 Å². The second-order valence-electron chi connectivity index (χ2n) is 5.26. The molecule has 0 saturated carbocycles. The molecule has 20 heavy (non-hydrogen) atoms. The number of carbonyl (C=O) groups is 1. The second-order valence-corrected chi connectivity index (χ2v) is 6.07. The van der Waals surface area contributed by atoms with Crippen LogP contribution in [0.25, 0.3) is 0 Å². The van der Waals surface area contributed by atoms with E-state index in [0.29, 0.717) is 13.1 Å². The molecule has 0 unspecified atom stereocenters. The summed E-state index contributed by atoms with van der Waals surface area (Å²) < 4.78 is 13.5. The molecule has 3 nitrogen and oxygen atoms in total. The van der Waals surface area contributed by atoms with Crippen LogP contribution in [0, 0.1) is 11.7 Å². The minimum Gasteiger partial charge on any atom is -0.338 e. The molecule has 0 aromatic heterocycles. The van der Waals surface area contributed by atoms with Crippen molar-refractivity contribution in [2.45, 2.75) is 25.8 Å². The predicted octanol–water partition coefficient (Wildman–Crippen LogP) is 3.33. The number of hydrogen-bond acceptors (Lipinski definition) is 2. The Morgan fingerprint density at radius 3 is 2.80 bits per heavy atom. The number of hydrogen-bond donors (Lipinski definition) is 1. The minimum absolute atomic E-state index is 0.0306. The van der Waals surface area contributed by atoms with Crippen LogP contribution in [0.2, 0.25) is 10.0 Å². The molecule has 1 aliphatic heterocycles. The number of carbonyl (C=O) groups excluding carboxylic acids is 1. The normalized spacial score (nSPS) is 20.9. The Morgan fingerprint density at radius 1 is 1.45 bits per heavy atom. The zero-order chi connectivity index (χ0) is 14.9. The summed E-state index contributed by atoms with van der Waals surface area (Å²) in [6, 6.07) is 2.39. The SMILES string of the molecule is C[C@H](N)[C@H]1CCCN(C(=O)c2cc(F)c(Cl)cc2Cl)C1. The van der Waals surface area contributed by atoms with E-state index in [9.17, 15) is 9.18 Å². The van der Waals surface area contributed by atoms with Gasteiger partial charge in [-0.3, -0.25) is 4.79 Å². The maximum absolute atomic E-state index is 13.5. The van der Waals surface area contributed by atoms with Crippen LogP contribution in [0.5, 0.6) is 0 Å². The van der Waals surface area contributed by atoms with Gasteiger partial charge in [-0.2, -0.15) is 0 Å². The standard InChI is InChI=1S/C14H17Cl2FN2O/c1-8(18)9-3-2-4-19(7-9)14(20)10-5-13(17)12(16)6-11(10)15/h5-6,8-9H,2-4,7,18H2,1H3/t8-,9-/m0/s1. The Bertz CT molecular complexity index is 522. The van der Waals surface area contributed by atoms with E-state index in [-0.39, 0.29) is 33.5 Å². The van der Waals surface area contributed by atoms with Gasteiger partial charge in [0.05, 0.1) is 15.6 Å². The van der Waals surface area contributed by atoms with Gasteiger partial charge in [-0.15, -0.1) is 0 Å². The Hall–Kier alpha value is -0.840. The van der Waals surface area contributed by atoms with Gasteiger partial charge in [-0.1, -0.05) is 23.2 Å². The van der Waals surface area contributed by atoms with Crippen LogP contribution in [0.1, 0.15) is 30.1 Å². The maximum Gasteiger partial charge on any atom is 0.255 e. The van der Waals surface area contributed by atoms with E-state index >= 15 is 0 Å². The van der Waals surface area contributed by atoms with E-state index < -0.39 is 5.82 Å². The first-order valence-corrected chi connectivity index (χ1v) is 7.35. The molecule has 1 aromatic rings. The van der Waals surface area contributed by atoms with Gasteiger partial charge in [0.2, 0.25) is 0 Å². The number of likely N-dealkylation sites (tertiary alicyclic amines) is 1. The van der Waals surface area contributed by atoms with Crippen LogP contribution in [-0.4, -0.2) is 29.9 Å². The summed E-state index contributed by atoms with van der Waals surface area (Å²) in [6.45, 7) is 3.16. The number of amides is 1. The second kappa shape index (κ2) is 6.29. The molecule has 0 spiro atoms. The monoisotopic (exact) mass is 318 g/mol. The third-order valence-corrected chi connectivity index (χ3v) is 4.33. The van der Waals surface area contributed by atoms with Crippen LogP contribution < -0.4 is 5.73 Å². The van der Waals surface area contributed by atoms with Crippen LogP contribution in [0.3, 0.4) is 0 Å². The van der Waals surface area contributed by atoms with Gasteiger partial charge in [0.1, 0.15) is 5.82 Å². The number of nitrogens with two attached hydrogens (primary N) is 1. The lowest BCUT2D eigenvalue weighted by atomic mass is 9.92. The van der Waals surface area contributed by atoms with Crippen molar-refractivity contribution in [3.63, 3.8) is 0 Å². The molecule has 1 heterocycles. The Balaban J connectivity index is 2.21. The highest BCUT2D eigenvalue weighted by Gasteiger charge is 2.28. The first-order chi connectivity index (χ1) is 9.40. The third kappa shape index (κ3) is 3.25. The first kappa shape index (κ1) is 15.5. The summed E-state index contributed by atoms with van der Waals surface area (Å²) in [5, 5.41) is 0.0861. The predicted molar refractivity (Wildman–Crippen MR) is 78.7 cm³/mol. The van der Waals surface area contributed by atoms with Crippen molar-refractivity contribution < 1.29 is 9.18 Å². The fourth-order valence-electron chi connectivity index (χ4n) is 2.48. The van der Waals surface area contributed by atoms with Crippen molar-refractivity contribution in [3.8, 4) is 0 Å². The first-order valence-electron chi connectivity index (χ1n) is 6.59. The zero-order valence-corrected chi connectivity index (χ0v) is 12.7. The largest absolute Gasteiger partial charge is 0.338 e. The van der Waals surface area contributed by atoms with E-state index in [1.807, 2.05) is 6.92 Å². The smallest absolute Gasteiger partial charge is 0.255 e. The molecule has 1 aliphatic rings. The highest BCUT2D eigenvalue weighted by atomic mass is 35.5. The van der Waals surface area contributed by atoms with Gasteiger partial charge in [0.25, 0.3) is 5.91 Å². The van der Waals surface area contributed by atoms with E-state index in [4.69, 9.17) is 28.9 Å². The number of rotatable bonds is 2. The highest BCUT2D eigenvalue weighted by molar-refractivity contribution is 6.36. The highest BCUT2D eigenvalue weighted by Crippen LogP contribution is 2.27. The lowest BCUT2D eigenvalue weighted by molar-refractivity contribution is 0.0660. The number of piperidine rings is 1. The molecule has 2 rings (SSSR count). The van der Waals surface area contributed by atoms with Crippen LogP contribution in [-0.2, 0) is 0 Å². The Kier molecular flexibility index (Phi) is 4.89. The topological polar surface area (TPSA) is 46.3 Å². The van der Waals surface area contributed by atoms with E-state index in [1.165, 1.54) is 6.07 Å². The lowest BCUT2D eigenvalue weighted by Gasteiger charge is -2.34. The summed E-state index contributed by atoms with van der Waals surface area (Å²) in [7, 11) is 0. The molecular formula is C14H17Cl2FN2O. The molecule has 1 aromatic carbocycles. The van der Waals surface area contributed by atoms with Crippen molar-refractivity contribution in [2.24, 2.45) is 11.7 Å². The molecule has 110 valence electrons. The quantitative estimate of drug-likeness (QED) is 0.850. The molecule has 2 N–H and O–H groups in total. The van der Waals surface area contributed by atoms with E-state index in [0.717, 1.165) is 18.9 Å². The van der Waals surface area contributed by atoms with Crippen LogP contribution >= 0.6 is 23.2 Å². The van der Waals surface area contributed by atoms with Crippen molar-refractivity contribution in [2.75, 3.05) is 13.1 Å². The molecule has 6 heteroatoms. The molecule has 1 fully saturated rings. The van der Waals surface area contributed by atoms with Crippen LogP contribution in [0.15, 0.2) is 12.1 Å². The van der Waals surface area contributed by atoms with Gasteiger partial charge >= 0.3 is 0 Å². The summed E-state index contributed by atoms with van der Waals surface area (Å²) in [5.74, 6) is -0.639. The summed E-state index contributed by atoms with van der Waals surface area (Å²) >= 11 is 11.6. The molecule has 0 radical (unpaired) electrons. The number of benzene rings is 1. The lowest BCUT2D eigenvalue weighted by Crippen LogP contribution is -2.45. The van der Waals surface area contributed by atoms with Gasteiger partial charge < -0.3 is 10.6 Å². The molecular weight excluding hydrogens is 302 g/mol. The summed E-state index contributed by atoms with van der Waals surface area (Å²) in [6.07, 6.45) is 1.90. The third-order valence-electron chi connectivity index (χ3n) is 3.73. The number of nitrogens with zero attached hydrogens (tertiary/aromatic N) is 1. The van der Waals surface area contributed by atoms with Gasteiger partial charge in [-0.25, -0.2) is 4.39 Å². The summed E-state index contributed by atoms with van der Waals surface area (Å²) in [5.41, 5.74) is 6.05. The fraction of sp³-hybridized carbons (Fsp3) is 0.500. The molecule has 0 bridgehead atoms. The van der Waals surface area contributed by atoms with Crippen molar-refractivity contribution in [3.05, 3.63) is 33.6 Å². The molecule has 0 aliphatic carbocycles. The maximum atomic E-state index is 13.5. The van der Waals surface area contributed by atoms with Gasteiger partial charge in [0, 0.05) is 19.1 Å². The minimum atomic E-state index is -0.639.